The van der Waals surface area contributed by atoms with E-state index in [1.807, 2.05) is 0 Å². The molecule has 0 atom stereocenters. The second-order valence-corrected chi connectivity index (χ2v) is 5.17. The molecule has 0 aliphatic heterocycles. The van der Waals surface area contributed by atoms with E-state index < -0.39 is 5.98 Å². The van der Waals surface area contributed by atoms with Gasteiger partial charge >= 0.3 is 37.7 Å². The van der Waals surface area contributed by atoms with E-state index in [9.17, 15) is 0 Å². The monoisotopic (exact) mass is 178 g/mol. The van der Waals surface area contributed by atoms with Gasteiger partial charge in [0.1, 0.15) is 0 Å². The molecule has 0 saturated carbocycles. The van der Waals surface area contributed by atoms with E-state index in [-0.39, 0.29) is 40.6 Å². The van der Waals surface area contributed by atoms with E-state index in [1.54, 1.807) is 0 Å². The summed E-state index contributed by atoms with van der Waals surface area (Å²) in [4.78, 5) is 0. The van der Waals surface area contributed by atoms with E-state index in [0.717, 1.165) is 0 Å². The summed E-state index contributed by atoms with van der Waals surface area (Å²) in [5.74, 6) is -1.20. The van der Waals surface area contributed by atoms with Crippen LogP contribution in [0.15, 0.2) is 0 Å². The Labute approximate surface area is 79.2 Å². The summed E-state index contributed by atoms with van der Waals surface area (Å²) in [5, 5.41) is 0. The molecule has 0 N–H and O–H groups in total. The van der Waals surface area contributed by atoms with Gasteiger partial charge < -0.3 is 2.85 Å². The summed E-state index contributed by atoms with van der Waals surface area (Å²) in [5.41, 5.74) is 0. The fourth-order valence-corrected chi connectivity index (χ4v) is 0. The minimum Gasteiger partial charge on any atom is -1.00 e. The maximum absolute atomic E-state index is 4.87. The van der Waals surface area contributed by atoms with Gasteiger partial charge in [0.05, 0.1) is 0 Å². The molecule has 5 heavy (non-hydrogen) atoms. The molecule has 0 aromatic heterocycles. The molecule has 0 spiro atoms. The van der Waals surface area contributed by atoms with Gasteiger partial charge in [-0.25, -0.2) is 0 Å². The van der Waals surface area contributed by atoms with Crippen LogP contribution < -0.4 is 0 Å². The van der Waals surface area contributed by atoms with Crippen LogP contribution in [-0.2, 0) is 0 Å². The van der Waals surface area contributed by atoms with E-state index in [0.29, 0.717) is 0 Å². The van der Waals surface area contributed by atoms with Crippen molar-refractivity contribution < 1.29 is 2.85 Å². The van der Waals surface area contributed by atoms with Crippen molar-refractivity contribution in [3.05, 3.63) is 0 Å². The van der Waals surface area contributed by atoms with Crippen LogP contribution >= 0.6 is 39.7 Å². The molecular formula is H2CaCl3P. The summed E-state index contributed by atoms with van der Waals surface area (Å²) < 4.78 is 0. The number of hydrogen-bond donors (Lipinski definition) is 0. The Hall–Kier alpha value is 2.56. The molecule has 0 heterocycles. The summed E-state index contributed by atoms with van der Waals surface area (Å²) in [6, 6.07) is 0. The molecule has 30 valence electrons. The Bertz CT molecular complexity index is 17.7. The normalized spacial score (nSPS) is 7.20. The smallest absolute Gasteiger partial charge is 1.00 e. The number of halogens is 3. The molecule has 0 aromatic carbocycles. The van der Waals surface area contributed by atoms with Crippen molar-refractivity contribution >= 4 is 77.4 Å². The molecule has 0 aliphatic carbocycles. The van der Waals surface area contributed by atoms with Gasteiger partial charge in [-0.3, -0.25) is 0 Å². The molecule has 0 bridgehead atoms. The Balaban J connectivity index is -0.0000000150. The van der Waals surface area contributed by atoms with Crippen LogP contribution in [0.3, 0.4) is 0 Å². The van der Waals surface area contributed by atoms with Gasteiger partial charge in [-0.15, -0.1) is 0 Å². The number of rotatable bonds is 0. The van der Waals surface area contributed by atoms with Gasteiger partial charge in [-0.1, -0.05) is 33.7 Å². The van der Waals surface area contributed by atoms with E-state index in [1.165, 1.54) is 0 Å². The zero-order chi connectivity index (χ0) is 3.58. The van der Waals surface area contributed by atoms with Gasteiger partial charge in [-0.2, -0.15) is 0 Å². The van der Waals surface area contributed by atoms with Crippen LogP contribution in [0.2, 0.25) is 0 Å². The van der Waals surface area contributed by atoms with Crippen molar-refractivity contribution in [2.75, 3.05) is 0 Å². The SMILES string of the molecule is ClP(Cl)Cl.[Ca+2].[H-].[H-]. The molecule has 0 radical (unpaired) electrons. The van der Waals surface area contributed by atoms with Gasteiger partial charge in [-0.05, 0) is 0 Å². The second-order valence-electron chi connectivity index (χ2n) is 0.192. The first-order chi connectivity index (χ1) is 1.73. The van der Waals surface area contributed by atoms with Gasteiger partial charge in [0.2, 0.25) is 0 Å². The van der Waals surface area contributed by atoms with Crippen molar-refractivity contribution in [2.45, 2.75) is 0 Å². The quantitative estimate of drug-likeness (QED) is 0.396. The van der Waals surface area contributed by atoms with E-state index in [4.69, 9.17) is 33.7 Å². The molecule has 0 aliphatic rings. The standard InChI is InChI=1S/Ca.Cl3P.2H/c;1-4(2)3;;/q+2;;2*-1. The van der Waals surface area contributed by atoms with Crippen LogP contribution in [0.1, 0.15) is 2.85 Å². The largest absolute Gasteiger partial charge is 2.00 e. The van der Waals surface area contributed by atoms with E-state index in [2.05, 4.69) is 0 Å². The first-order valence-corrected chi connectivity index (χ1v) is 4.56. The Morgan fingerprint density at radius 1 is 1.20 bits per heavy atom. The first kappa shape index (κ1) is 10.5. The van der Waals surface area contributed by atoms with E-state index >= 15 is 0 Å². The number of hydrogen-bond acceptors (Lipinski definition) is 0. The van der Waals surface area contributed by atoms with Crippen molar-refractivity contribution in [1.29, 1.82) is 0 Å². The maximum Gasteiger partial charge on any atom is 2.00 e. The molecule has 0 fully saturated rings. The Morgan fingerprint density at radius 3 is 1.20 bits per heavy atom. The Kier molecular flexibility index (Phi) is 13.8. The minimum absolute atomic E-state index is 0. The van der Waals surface area contributed by atoms with Crippen LogP contribution in [-0.4, -0.2) is 37.7 Å². The molecule has 0 aromatic rings. The van der Waals surface area contributed by atoms with Crippen LogP contribution in [0.4, 0.5) is 0 Å². The predicted octanol–water partition coefficient (Wildman–Crippen LogP) is 2.77. The predicted molar refractivity (Wildman–Crippen MR) is 32.5 cm³/mol. The van der Waals surface area contributed by atoms with Gasteiger partial charge in [0, 0.05) is 0 Å². The fraction of sp³-hybridized carbons (Fsp3) is 0. The van der Waals surface area contributed by atoms with Crippen LogP contribution in [0.25, 0.3) is 0 Å². The van der Waals surface area contributed by atoms with Crippen molar-refractivity contribution in [3.8, 4) is 0 Å². The molecule has 0 saturated heterocycles. The average Bonchev–Trinajstić information content (AvgIpc) is 0.811. The molecule has 5 heteroatoms. The third-order valence-corrected chi connectivity index (χ3v) is 0. The first-order valence-electron chi connectivity index (χ1n) is 0.507. The maximum atomic E-state index is 4.87. The molecule has 0 nitrogen and oxygen atoms in total. The fourth-order valence-electron chi connectivity index (χ4n) is 0. The van der Waals surface area contributed by atoms with Gasteiger partial charge in [0.15, 0.2) is 5.98 Å². The zero-order valence-electron chi connectivity index (χ0n) is 4.29. The molecule has 0 rings (SSSR count). The molecule has 0 amide bonds. The van der Waals surface area contributed by atoms with Crippen molar-refractivity contribution in [3.63, 3.8) is 0 Å². The second kappa shape index (κ2) is 6.56. The van der Waals surface area contributed by atoms with Gasteiger partial charge in [0.25, 0.3) is 0 Å². The summed E-state index contributed by atoms with van der Waals surface area (Å²) in [6.07, 6.45) is 0. The third-order valence-electron chi connectivity index (χ3n) is 0. The summed E-state index contributed by atoms with van der Waals surface area (Å²) in [7, 11) is 0. The Morgan fingerprint density at radius 2 is 1.20 bits per heavy atom. The summed E-state index contributed by atoms with van der Waals surface area (Å²) >= 11 is 14.6. The van der Waals surface area contributed by atoms with Crippen LogP contribution in [0, 0.1) is 0 Å². The topological polar surface area (TPSA) is 0 Å². The van der Waals surface area contributed by atoms with Crippen molar-refractivity contribution in [2.24, 2.45) is 0 Å². The van der Waals surface area contributed by atoms with Crippen molar-refractivity contribution in [1.82, 2.24) is 0 Å². The summed E-state index contributed by atoms with van der Waals surface area (Å²) in [6.45, 7) is 0. The van der Waals surface area contributed by atoms with Crippen LogP contribution in [0.5, 0.6) is 0 Å². The molecule has 0 unspecified atom stereocenters. The zero-order valence-corrected chi connectivity index (χ0v) is 7.66. The average molecular weight is 179 g/mol. The molecular weight excluding hydrogens is 177 g/mol. The third kappa shape index (κ3) is 20.8. The minimum atomic E-state index is -1.20.